The van der Waals surface area contributed by atoms with E-state index >= 15 is 0 Å². The molecule has 0 spiro atoms. The van der Waals surface area contributed by atoms with E-state index in [4.69, 9.17) is 0 Å². The van der Waals surface area contributed by atoms with Crippen molar-refractivity contribution in [2.24, 2.45) is 5.92 Å². The number of aliphatic hydroxyl groups is 1. The second-order valence-electron chi connectivity index (χ2n) is 6.89. The molecule has 0 aromatic heterocycles. The topological polar surface area (TPSA) is 26.7 Å². The molecule has 3 aliphatic rings. The van der Waals surface area contributed by atoms with Gasteiger partial charge in [-0.15, -0.1) is 0 Å². The molecule has 1 saturated heterocycles. The lowest BCUT2D eigenvalue weighted by Crippen LogP contribution is -2.51. The van der Waals surface area contributed by atoms with Gasteiger partial charge in [0, 0.05) is 38.8 Å². The van der Waals surface area contributed by atoms with Gasteiger partial charge in [-0.1, -0.05) is 25.7 Å². The molecule has 3 rings (SSSR count). The SMILES string of the molecule is OC1CCCCC1CN1CCN(C2CCCC2)CC1. The van der Waals surface area contributed by atoms with Gasteiger partial charge in [0.15, 0.2) is 0 Å². The highest BCUT2D eigenvalue weighted by Gasteiger charge is 2.29. The standard InChI is InChI=1S/C16H30N2O/c19-16-8-4-1-5-14(16)13-17-9-11-18(12-10-17)15-6-2-3-7-15/h14-16,19H,1-13H2. The fourth-order valence-electron chi connectivity index (χ4n) is 4.31. The van der Waals surface area contributed by atoms with Crippen molar-refractivity contribution in [3.8, 4) is 0 Å². The fraction of sp³-hybridized carbons (Fsp3) is 1.00. The molecular weight excluding hydrogens is 236 g/mol. The first kappa shape index (κ1) is 13.8. The third-order valence-corrected chi connectivity index (χ3v) is 5.61. The molecule has 0 aromatic carbocycles. The summed E-state index contributed by atoms with van der Waals surface area (Å²) in [5.41, 5.74) is 0. The predicted octanol–water partition coefficient (Wildman–Crippen LogP) is 2.10. The van der Waals surface area contributed by atoms with Gasteiger partial charge >= 0.3 is 0 Å². The third-order valence-electron chi connectivity index (χ3n) is 5.61. The third kappa shape index (κ3) is 3.50. The van der Waals surface area contributed by atoms with Crippen LogP contribution in [0.5, 0.6) is 0 Å². The average molecular weight is 266 g/mol. The van der Waals surface area contributed by atoms with Gasteiger partial charge in [0.2, 0.25) is 0 Å². The van der Waals surface area contributed by atoms with Crippen molar-refractivity contribution < 1.29 is 5.11 Å². The highest BCUT2D eigenvalue weighted by Crippen LogP contribution is 2.27. The number of piperazine rings is 1. The summed E-state index contributed by atoms with van der Waals surface area (Å²) in [5, 5.41) is 10.1. The molecule has 1 aliphatic heterocycles. The van der Waals surface area contributed by atoms with Crippen molar-refractivity contribution >= 4 is 0 Å². The summed E-state index contributed by atoms with van der Waals surface area (Å²) in [6, 6.07) is 0.891. The van der Waals surface area contributed by atoms with Gasteiger partial charge in [-0.2, -0.15) is 0 Å². The summed E-state index contributed by atoms with van der Waals surface area (Å²) in [4.78, 5) is 5.32. The molecule has 0 radical (unpaired) electrons. The smallest absolute Gasteiger partial charge is 0.0580 e. The molecule has 2 aliphatic carbocycles. The molecule has 0 amide bonds. The second kappa shape index (κ2) is 6.55. The summed E-state index contributed by atoms with van der Waals surface area (Å²) < 4.78 is 0. The second-order valence-corrected chi connectivity index (χ2v) is 6.89. The van der Waals surface area contributed by atoms with E-state index in [1.165, 1.54) is 71.1 Å². The van der Waals surface area contributed by atoms with Gasteiger partial charge < -0.3 is 10.0 Å². The predicted molar refractivity (Wildman–Crippen MR) is 78.2 cm³/mol. The van der Waals surface area contributed by atoms with E-state index in [1.807, 2.05) is 0 Å². The molecule has 1 N–H and O–H groups in total. The summed E-state index contributed by atoms with van der Waals surface area (Å²) in [6.07, 6.45) is 10.6. The Morgan fingerprint density at radius 3 is 2.11 bits per heavy atom. The molecule has 2 unspecified atom stereocenters. The maximum Gasteiger partial charge on any atom is 0.0580 e. The highest BCUT2D eigenvalue weighted by molar-refractivity contribution is 4.84. The van der Waals surface area contributed by atoms with E-state index in [0.717, 1.165) is 19.0 Å². The van der Waals surface area contributed by atoms with Crippen LogP contribution >= 0.6 is 0 Å². The zero-order valence-electron chi connectivity index (χ0n) is 12.3. The van der Waals surface area contributed by atoms with Crippen LogP contribution in [0, 0.1) is 5.92 Å². The molecule has 0 bridgehead atoms. The molecule has 110 valence electrons. The molecular formula is C16H30N2O. The van der Waals surface area contributed by atoms with Crippen LogP contribution in [0.15, 0.2) is 0 Å². The Morgan fingerprint density at radius 1 is 0.789 bits per heavy atom. The Labute approximate surface area is 118 Å². The normalized spacial score (nSPS) is 35.8. The summed E-state index contributed by atoms with van der Waals surface area (Å²) in [6.45, 7) is 6.10. The van der Waals surface area contributed by atoms with E-state index in [1.54, 1.807) is 0 Å². The number of nitrogens with zero attached hydrogens (tertiary/aromatic N) is 2. The molecule has 3 fully saturated rings. The van der Waals surface area contributed by atoms with Crippen LogP contribution in [0.25, 0.3) is 0 Å². The van der Waals surface area contributed by atoms with Gasteiger partial charge in [-0.3, -0.25) is 4.90 Å². The number of rotatable bonds is 3. The number of hydrogen-bond donors (Lipinski definition) is 1. The minimum Gasteiger partial charge on any atom is -0.393 e. The maximum absolute atomic E-state index is 10.1. The zero-order valence-corrected chi connectivity index (χ0v) is 12.3. The lowest BCUT2D eigenvalue weighted by atomic mass is 9.86. The molecule has 2 saturated carbocycles. The summed E-state index contributed by atoms with van der Waals surface area (Å²) >= 11 is 0. The van der Waals surface area contributed by atoms with Crippen molar-refractivity contribution in [3.05, 3.63) is 0 Å². The summed E-state index contributed by atoms with van der Waals surface area (Å²) in [7, 11) is 0. The van der Waals surface area contributed by atoms with Crippen molar-refractivity contribution in [1.82, 2.24) is 9.80 Å². The maximum atomic E-state index is 10.1. The highest BCUT2D eigenvalue weighted by atomic mass is 16.3. The van der Waals surface area contributed by atoms with E-state index in [9.17, 15) is 5.11 Å². The van der Waals surface area contributed by atoms with Crippen molar-refractivity contribution in [3.63, 3.8) is 0 Å². The first-order valence-electron chi connectivity index (χ1n) is 8.47. The van der Waals surface area contributed by atoms with Gasteiger partial charge in [-0.05, 0) is 31.6 Å². The monoisotopic (exact) mass is 266 g/mol. The van der Waals surface area contributed by atoms with E-state index in [0.29, 0.717) is 5.92 Å². The van der Waals surface area contributed by atoms with Crippen molar-refractivity contribution in [2.75, 3.05) is 32.7 Å². The van der Waals surface area contributed by atoms with E-state index < -0.39 is 0 Å². The van der Waals surface area contributed by atoms with Gasteiger partial charge in [0.1, 0.15) is 0 Å². The van der Waals surface area contributed by atoms with Gasteiger partial charge in [-0.25, -0.2) is 0 Å². The minimum absolute atomic E-state index is 0.0263. The Morgan fingerprint density at radius 2 is 1.42 bits per heavy atom. The number of hydrogen-bond acceptors (Lipinski definition) is 3. The van der Waals surface area contributed by atoms with E-state index in [-0.39, 0.29) is 6.10 Å². The lowest BCUT2D eigenvalue weighted by Gasteiger charge is -2.40. The Hall–Kier alpha value is -0.120. The largest absolute Gasteiger partial charge is 0.393 e. The fourth-order valence-corrected chi connectivity index (χ4v) is 4.31. The Kier molecular flexibility index (Phi) is 4.78. The Bertz CT molecular complexity index is 270. The van der Waals surface area contributed by atoms with Crippen molar-refractivity contribution in [1.29, 1.82) is 0 Å². The van der Waals surface area contributed by atoms with Crippen LogP contribution in [0.2, 0.25) is 0 Å². The molecule has 1 heterocycles. The van der Waals surface area contributed by atoms with Crippen LogP contribution in [0.4, 0.5) is 0 Å². The molecule has 19 heavy (non-hydrogen) atoms. The van der Waals surface area contributed by atoms with Crippen LogP contribution < -0.4 is 0 Å². The summed E-state index contributed by atoms with van der Waals surface area (Å²) in [5.74, 6) is 0.548. The molecule has 3 nitrogen and oxygen atoms in total. The van der Waals surface area contributed by atoms with Crippen LogP contribution in [-0.4, -0.2) is 59.8 Å². The average Bonchev–Trinajstić information content (AvgIpc) is 2.96. The quantitative estimate of drug-likeness (QED) is 0.847. The first-order chi connectivity index (χ1) is 9.33. The minimum atomic E-state index is -0.0263. The Balaban J connectivity index is 1.42. The molecule has 3 heteroatoms. The van der Waals surface area contributed by atoms with E-state index in [2.05, 4.69) is 9.80 Å². The van der Waals surface area contributed by atoms with Gasteiger partial charge in [0.25, 0.3) is 0 Å². The van der Waals surface area contributed by atoms with Crippen molar-refractivity contribution in [2.45, 2.75) is 63.5 Å². The van der Waals surface area contributed by atoms with Crippen LogP contribution in [-0.2, 0) is 0 Å². The first-order valence-corrected chi connectivity index (χ1v) is 8.47. The van der Waals surface area contributed by atoms with Crippen LogP contribution in [0.1, 0.15) is 51.4 Å². The molecule has 0 aromatic rings. The number of aliphatic hydroxyl groups excluding tert-OH is 1. The lowest BCUT2D eigenvalue weighted by molar-refractivity contribution is 0.0269. The van der Waals surface area contributed by atoms with Crippen LogP contribution in [0.3, 0.4) is 0 Å². The molecule has 2 atom stereocenters. The zero-order chi connectivity index (χ0) is 13.1. The van der Waals surface area contributed by atoms with Gasteiger partial charge in [0.05, 0.1) is 6.10 Å².